The largest absolute Gasteiger partial charge is 0.493 e. The lowest BCUT2D eigenvalue weighted by molar-refractivity contribution is 0.288. The monoisotopic (exact) mass is 537 g/mol. The molecule has 0 fully saturated rings. The summed E-state index contributed by atoms with van der Waals surface area (Å²) in [4.78, 5) is 18.3. The first-order valence-corrected chi connectivity index (χ1v) is 13.6. The van der Waals surface area contributed by atoms with Crippen molar-refractivity contribution in [3.63, 3.8) is 0 Å². The van der Waals surface area contributed by atoms with E-state index in [-0.39, 0.29) is 5.56 Å². The number of ether oxygens (including phenoxy) is 1. The molecular weight excluding hydrogens is 510 g/mol. The van der Waals surface area contributed by atoms with Gasteiger partial charge < -0.3 is 9.15 Å². The predicted molar refractivity (Wildman–Crippen MR) is 152 cm³/mol. The van der Waals surface area contributed by atoms with Crippen molar-refractivity contribution in [2.45, 2.75) is 27.2 Å². The molecule has 0 bridgehead atoms. The van der Waals surface area contributed by atoms with Crippen LogP contribution in [0, 0.1) is 12.8 Å². The number of fused-ring (bicyclic) bond motifs is 1. The number of hydrogen-bond donors (Lipinski definition) is 0. The molecule has 0 amide bonds. The number of hydrogen-bond acceptors (Lipinski definition) is 7. The number of benzene rings is 2. The summed E-state index contributed by atoms with van der Waals surface area (Å²) in [5, 5.41) is 9.28. The van der Waals surface area contributed by atoms with Crippen molar-refractivity contribution in [3.8, 4) is 34.3 Å². The van der Waals surface area contributed by atoms with Gasteiger partial charge >= 0.3 is 0 Å². The van der Waals surface area contributed by atoms with Crippen molar-refractivity contribution < 1.29 is 9.15 Å². The van der Waals surface area contributed by atoms with E-state index >= 15 is 0 Å². The molecule has 0 aliphatic rings. The van der Waals surface area contributed by atoms with Crippen molar-refractivity contribution in [1.82, 2.24) is 24.4 Å². The van der Waals surface area contributed by atoms with Crippen LogP contribution in [0.4, 0.5) is 0 Å². The smallest absolute Gasteiger partial charge is 0.291 e. The second kappa shape index (κ2) is 10.3. The van der Waals surface area contributed by atoms with E-state index in [0.29, 0.717) is 33.6 Å². The van der Waals surface area contributed by atoms with Gasteiger partial charge in [0.2, 0.25) is 10.8 Å². The maximum atomic E-state index is 13.3. The van der Waals surface area contributed by atoms with Crippen molar-refractivity contribution in [2.75, 3.05) is 6.61 Å². The van der Waals surface area contributed by atoms with Crippen LogP contribution in [0.15, 0.2) is 82.3 Å². The SMILES string of the molecule is Cc1cc(-c2nn(-c3ccccc3)cc2/C=c2\sc3nc(-c4ccco4)nn3c2=O)ccc1OCCC(C)C. The molecule has 0 saturated heterocycles. The molecule has 0 aliphatic carbocycles. The first kappa shape index (κ1) is 24.8. The number of nitrogens with zero attached hydrogens (tertiary/aromatic N) is 5. The number of para-hydroxylation sites is 1. The Morgan fingerprint density at radius 1 is 1.08 bits per heavy atom. The first-order valence-electron chi connectivity index (χ1n) is 12.8. The second-order valence-electron chi connectivity index (χ2n) is 9.75. The fourth-order valence-corrected chi connectivity index (χ4v) is 5.18. The zero-order valence-electron chi connectivity index (χ0n) is 21.9. The van der Waals surface area contributed by atoms with Crippen LogP contribution in [0.1, 0.15) is 31.4 Å². The van der Waals surface area contributed by atoms with Crippen LogP contribution in [0.2, 0.25) is 0 Å². The van der Waals surface area contributed by atoms with Crippen molar-refractivity contribution >= 4 is 22.4 Å². The highest BCUT2D eigenvalue weighted by Gasteiger charge is 2.16. The molecule has 4 heterocycles. The summed E-state index contributed by atoms with van der Waals surface area (Å²) in [6.45, 7) is 7.10. The minimum absolute atomic E-state index is 0.233. The van der Waals surface area contributed by atoms with Crippen molar-refractivity contribution in [3.05, 3.63) is 99.1 Å². The molecule has 4 aromatic heterocycles. The molecule has 6 aromatic rings. The van der Waals surface area contributed by atoms with E-state index in [0.717, 1.165) is 40.2 Å². The number of aromatic nitrogens is 5. The van der Waals surface area contributed by atoms with Crippen LogP contribution >= 0.6 is 11.3 Å². The Bertz CT molecular complexity index is 1850. The molecular formula is C30H27N5O3S. The zero-order valence-corrected chi connectivity index (χ0v) is 22.7. The highest BCUT2D eigenvalue weighted by atomic mass is 32.1. The van der Waals surface area contributed by atoms with E-state index in [4.69, 9.17) is 14.3 Å². The molecule has 0 radical (unpaired) electrons. The molecule has 0 atom stereocenters. The summed E-state index contributed by atoms with van der Waals surface area (Å²) in [5.74, 6) is 2.36. The lowest BCUT2D eigenvalue weighted by Crippen LogP contribution is -2.23. The van der Waals surface area contributed by atoms with Crippen LogP contribution in [-0.4, -0.2) is 31.0 Å². The molecule has 6 rings (SSSR count). The van der Waals surface area contributed by atoms with Gasteiger partial charge in [0, 0.05) is 17.3 Å². The summed E-state index contributed by atoms with van der Waals surface area (Å²) in [7, 11) is 0. The van der Waals surface area contributed by atoms with Gasteiger partial charge in [0.25, 0.3) is 5.56 Å². The minimum atomic E-state index is -0.233. The molecule has 9 heteroatoms. The molecule has 0 N–H and O–H groups in total. The Labute approximate surface area is 228 Å². The third kappa shape index (κ3) is 5.00. The Hall–Kier alpha value is -4.50. The molecule has 8 nitrogen and oxygen atoms in total. The minimum Gasteiger partial charge on any atom is -0.493 e. The number of thiazole rings is 1. The van der Waals surface area contributed by atoms with E-state index in [2.05, 4.69) is 30.0 Å². The van der Waals surface area contributed by atoms with Gasteiger partial charge in [-0.2, -0.15) is 14.6 Å². The third-order valence-corrected chi connectivity index (χ3v) is 7.33. The van der Waals surface area contributed by atoms with Gasteiger partial charge in [-0.25, -0.2) is 4.68 Å². The van der Waals surface area contributed by atoms with Crippen LogP contribution in [-0.2, 0) is 0 Å². The highest BCUT2D eigenvalue weighted by molar-refractivity contribution is 7.15. The fraction of sp³-hybridized carbons (Fsp3) is 0.200. The van der Waals surface area contributed by atoms with E-state index in [1.54, 1.807) is 18.4 Å². The van der Waals surface area contributed by atoms with E-state index < -0.39 is 0 Å². The second-order valence-corrected chi connectivity index (χ2v) is 10.8. The zero-order chi connectivity index (χ0) is 26.9. The molecule has 0 aliphatic heterocycles. The van der Waals surface area contributed by atoms with Crippen LogP contribution < -0.4 is 14.8 Å². The Morgan fingerprint density at radius 2 is 1.92 bits per heavy atom. The van der Waals surface area contributed by atoms with E-state index in [1.165, 1.54) is 15.9 Å². The summed E-state index contributed by atoms with van der Waals surface area (Å²) < 4.78 is 15.1. The van der Waals surface area contributed by atoms with Gasteiger partial charge in [0.1, 0.15) is 11.4 Å². The van der Waals surface area contributed by atoms with Gasteiger partial charge in [-0.1, -0.05) is 43.4 Å². The highest BCUT2D eigenvalue weighted by Crippen LogP contribution is 2.29. The van der Waals surface area contributed by atoms with Gasteiger partial charge in [-0.15, -0.1) is 5.10 Å². The molecule has 2 aromatic carbocycles. The maximum absolute atomic E-state index is 13.3. The first-order chi connectivity index (χ1) is 19.0. The molecule has 39 heavy (non-hydrogen) atoms. The summed E-state index contributed by atoms with van der Waals surface area (Å²) in [6.07, 6.45) is 6.36. The Kier molecular flexibility index (Phi) is 6.58. The average molecular weight is 538 g/mol. The number of rotatable bonds is 8. The Morgan fingerprint density at radius 3 is 2.64 bits per heavy atom. The lowest BCUT2D eigenvalue weighted by atomic mass is 10.0. The van der Waals surface area contributed by atoms with E-state index in [1.807, 2.05) is 66.3 Å². The summed E-state index contributed by atoms with van der Waals surface area (Å²) in [5.41, 5.74) is 4.26. The average Bonchev–Trinajstić information content (AvgIpc) is 3.72. The van der Waals surface area contributed by atoms with Crippen molar-refractivity contribution in [1.29, 1.82) is 0 Å². The van der Waals surface area contributed by atoms with Crippen LogP contribution in [0.5, 0.6) is 5.75 Å². The fourth-order valence-electron chi connectivity index (χ4n) is 4.28. The van der Waals surface area contributed by atoms with Gasteiger partial charge in [0.15, 0.2) is 5.76 Å². The standard InChI is InChI=1S/C30H27N5O3S/c1-19(2)13-15-38-24-12-11-21(16-20(24)3)27-22(18-34(32-27)23-8-5-4-6-9-23)17-26-29(36)35-30(39-26)31-28(33-35)25-10-7-14-37-25/h4-12,14,16-19H,13,15H2,1-3H3/b26-17-. The van der Waals surface area contributed by atoms with Crippen LogP contribution in [0.25, 0.3) is 39.6 Å². The number of furan rings is 1. The third-order valence-electron chi connectivity index (χ3n) is 6.37. The Balaban J connectivity index is 1.42. The maximum Gasteiger partial charge on any atom is 0.291 e. The quantitative estimate of drug-likeness (QED) is 0.253. The lowest BCUT2D eigenvalue weighted by Gasteiger charge is -2.11. The molecule has 0 unspecified atom stereocenters. The number of aryl methyl sites for hydroxylation is 1. The predicted octanol–water partition coefficient (Wildman–Crippen LogP) is 5.54. The van der Waals surface area contributed by atoms with Gasteiger partial charge in [-0.3, -0.25) is 4.79 Å². The molecule has 0 saturated carbocycles. The van der Waals surface area contributed by atoms with Crippen molar-refractivity contribution in [2.24, 2.45) is 5.92 Å². The molecule has 196 valence electrons. The summed E-state index contributed by atoms with van der Waals surface area (Å²) in [6, 6.07) is 19.5. The normalized spacial score (nSPS) is 12.2. The summed E-state index contributed by atoms with van der Waals surface area (Å²) >= 11 is 1.29. The van der Waals surface area contributed by atoms with Gasteiger partial charge in [0.05, 0.1) is 23.1 Å². The topological polar surface area (TPSA) is 87.5 Å². The van der Waals surface area contributed by atoms with Crippen LogP contribution in [0.3, 0.4) is 0 Å². The van der Waals surface area contributed by atoms with Gasteiger partial charge in [-0.05, 0) is 73.4 Å². The van der Waals surface area contributed by atoms with E-state index in [9.17, 15) is 4.79 Å². The molecule has 0 spiro atoms.